The zero-order valence-corrected chi connectivity index (χ0v) is 14.9. The summed E-state index contributed by atoms with van der Waals surface area (Å²) in [6, 6.07) is 21.8. The number of hydrogen-bond donors (Lipinski definition) is 1. The first-order valence-corrected chi connectivity index (χ1v) is 8.77. The molecule has 0 atom stereocenters. The molecule has 0 bridgehead atoms. The smallest absolute Gasteiger partial charge is 0.290 e. The summed E-state index contributed by atoms with van der Waals surface area (Å²) in [5.41, 5.74) is 3.26. The first-order chi connectivity index (χ1) is 12.7. The number of aromatic nitrogens is 1. The monoisotopic (exact) mass is 347 g/mol. The van der Waals surface area contributed by atoms with Crippen LogP contribution >= 0.6 is 0 Å². The van der Waals surface area contributed by atoms with Crippen molar-refractivity contribution in [2.45, 2.75) is 19.9 Å². The van der Waals surface area contributed by atoms with E-state index in [9.17, 15) is 4.79 Å². The molecule has 2 aromatic carbocycles. The number of rotatable bonds is 7. The van der Waals surface area contributed by atoms with Crippen molar-refractivity contribution in [2.75, 3.05) is 11.9 Å². The van der Waals surface area contributed by atoms with Crippen LogP contribution in [0, 0.1) is 0 Å². The summed E-state index contributed by atoms with van der Waals surface area (Å²) < 4.78 is 7.27. The lowest BCUT2D eigenvalue weighted by atomic mass is 10.1. The maximum absolute atomic E-state index is 12.2. The number of ether oxygens (including phenoxy) is 1. The summed E-state index contributed by atoms with van der Waals surface area (Å²) in [6.07, 6.45) is 4.77. The fourth-order valence-electron chi connectivity index (χ4n) is 2.71. The fraction of sp³-hybridized carbons (Fsp3) is 0.182. The average Bonchev–Trinajstić information content (AvgIpc) is 2.66. The highest BCUT2D eigenvalue weighted by molar-refractivity contribution is 5.89. The van der Waals surface area contributed by atoms with Crippen molar-refractivity contribution < 1.29 is 14.1 Å². The van der Waals surface area contributed by atoms with E-state index < -0.39 is 0 Å². The number of amides is 1. The number of nitrogens with one attached hydrogen (secondary N) is 1. The van der Waals surface area contributed by atoms with Gasteiger partial charge in [-0.15, -0.1) is 0 Å². The first kappa shape index (κ1) is 17.7. The average molecular weight is 347 g/mol. The third kappa shape index (κ3) is 5.18. The van der Waals surface area contributed by atoms with Gasteiger partial charge in [0.1, 0.15) is 5.75 Å². The lowest BCUT2D eigenvalue weighted by Crippen LogP contribution is -2.39. The van der Waals surface area contributed by atoms with Gasteiger partial charge in [0.2, 0.25) is 6.54 Å². The zero-order valence-electron chi connectivity index (χ0n) is 14.9. The summed E-state index contributed by atoms with van der Waals surface area (Å²) in [6.45, 7) is 2.85. The van der Waals surface area contributed by atoms with E-state index >= 15 is 0 Å². The van der Waals surface area contributed by atoms with Crippen LogP contribution in [0.3, 0.4) is 0 Å². The Bertz CT molecular complexity index is 828. The molecule has 0 unspecified atom stereocenters. The highest BCUT2D eigenvalue weighted by atomic mass is 16.5. The predicted molar refractivity (Wildman–Crippen MR) is 102 cm³/mol. The molecule has 3 rings (SSSR count). The van der Waals surface area contributed by atoms with E-state index in [1.54, 1.807) is 0 Å². The molecule has 3 aromatic rings. The number of anilines is 1. The molecule has 0 aliphatic rings. The normalized spacial score (nSPS) is 10.3. The molecular formula is C22H23N2O2+. The van der Waals surface area contributed by atoms with Crippen molar-refractivity contribution in [2.24, 2.45) is 0 Å². The second-order valence-corrected chi connectivity index (χ2v) is 6.05. The Labute approximate surface area is 154 Å². The quantitative estimate of drug-likeness (QED) is 0.664. The van der Waals surface area contributed by atoms with Gasteiger partial charge in [-0.2, -0.15) is 4.57 Å². The van der Waals surface area contributed by atoms with Crippen molar-refractivity contribution in [3.63, 3.8) is 0 Å². The van der Waals surface area contributed by atoms with Crippen molar-refractivity contribution >= 4 is 11.6 Å². The van der Waals surface area contributed by atoms with Crippen LogP contribution in [0.1, 0.15) is 18.1 Å². The van der Waals surface area contributed by atoms with Gasteiger partial charge in [0, 0.05) is 17.8 Å². The van der Waals surface area contributed by atoms with Gasteiger partial charge in [-0.05, 0) is 48.7 Å². The fourth-order valence-corrected chi connectivity index (χ4v) is 2.71. The minimum Gasteiger partial charge on any atom is -0.494 e. The molecule has 0 saturated carbocycles. The minimum atomic E-state index is -0.0602. The summed E-state index contributed by atoms with van der Waals surface area (Å²) in [7, 11) is 0. The Morgan fingerprint density at radius 2 is 1.58 bits per heavy atom. The molecule has 26 heavy (non-hydrogen) atoms. The van der Waals surface area contributed by atoms with Crippen molar-refractivity contribution in [1.82, 2.24) is 0 Å². The third-order valence-corrected chi connectivity index (χ3v) is 3.99. The largest absolute Gasteiger partial charge is 0.494 e. The Morgan fingerprint density at radius 3 is 2.23 bits per heavy atom. The molecule has 0 aliphatic heterocycles. The number of nitrogens with zero attached hydrogens (tertiary/aromatic N) is 1. The number of benzene rings is 2. The molecule has 0 aliphatic carbocycles. The SMILES string of the molecule is CCOc1ccc(NC(=O)C[n+]2ccc(Cc3ccccc3)cc2)cc1. The summed E-state index contributed by atoms with van der Waals surface area (Å²) in [5.74, 6) is 0.740. The van der Waals surface area contributed by atoms with Crippen LogP contribution in [0.15, 0.2) is 79.1 Å². The minimum absolute atomic E-state index is 0.0602. The number of pyridine rings is 1. The van der Waals surface area contributed by atoms with Crippen LogP contribution in [0.2, 0.25) is 0 Å². The van der Waals surface area contributed by atoms with Crippen LogP contribution < -0.4 is 14.6 Å². The zero-order chi connectivity index (χ0) is 18.2. The van der Waals surface area contributed by atoms with Gasteiger partial charge in [-0.25, -0.2) is 0 Å². The van der Waals surface area contributed by atoms with Crippen molar-refractivity contribution in [3.05, 3.63) is 90.3 Å². The summed E-state index contributed by atoms with van der Waals surface area (Å²) >= 11 is 0. The Balaban J connectivity index is 1.54. The predicted octanol–water partition coefficient (Wildman–Crippen LogP) is 3.60. The summed E-state index contributed by atoms with van der Waals surface area (Å²) in [5, 5.41) is 2.90. The van der Waals surface area contributed by atoms with E-state index in [1.807, 2.05) is 66.3 Å². The molecule has 0 spiro atoms. The highest BCUT2D eigenvalue weighted by Gasteiger charge is 2.10. The van der Waals surface area contributed by atoms with Gasteiger partial charge >= 0.3 is 0 Å². The Kier molecular flexibility index (Phi) is 5.99. The molecule has 1 aromatic heterocycles. The molecule has 0 saturated heterocycles. The number of hydrogen-bond acceptors (Lipinski definition) is 2. The third-order valence-electron chi connectivity index (χ3n) is 3.99. The van der Waals surface area contributed by atoms with E-state index in [2.05, 4.69) is 29.6 Å². The van der Waals surface area contributed by atoms with Crippen LogP contribution in [-0.4, -0.2) is 12.5 Å². The lowest BCUT2D eigenvalue weighted by molar-refractivity contribution is -0.684. The Hall–Kier alpha value is -3.14. The van der Waals surface area contributed by atoms with Crippen LogP contribution in [0.25, 0.3) is 0 Å². The maximum atomic E-state index is 12.2. The maximum Gasteiger partial charge on any atom is 0.290 e. The highest BCUT2D eigenvalue weighted by Crippen LogP contribution is 2.15. The molecular weight excluding hydrogens is 324 g/mol. The molecule has 0 radical (unpaired) electrons. The van der Waals surface area contributed by atoms with Crippen LogP contribution in [-0.2, 0) is 17.8 Å². The van der Waals surface area contributed by atoms with Crippen LogP contribution in [0.4, 0.5) is 5.69 Å². The van der Waals surface area contributed by atoms with E-state index in [0.29, 0.717) is 6.61 Å². The van der Waals surface area contributed by atoms with Gasteiger partial charge in [-0.3, -0.25) is 4.79 Å². The van der Waals surface area contributed by atoms with Crippen molar-refractivity contribution in [3.8, 4) is 5.75 Å². The van der Waals surface area contributed by atoms with Crippen molar-refractivity contribution in [1.29, 1.82) is 0 Å². The summed E-state index contributed by atoms with van der Waals surface area (Å²) in [4.78, 5) is 12.2. The van der Waals surface area contributed by atoms with Gasteiger partial charge in [0.15, 0.2) is 12.4 Å². The molecule has 1 heterocycles. The van der Waals surface area contributed by atoms with Gasteiger partial charge in [0.05, 0.1) is 6.61 Å². The van der Waals surface area contributed by atoms with Crippen LogP contribution in [0.5, 0.6) is 5.75 Å². The molecule has 1 N–H and O–H groups in total. The molecule has 4 heteroatoms. The molecule has 132 valence electrons. The molecule has 1 amide bonds. The topological polar surface area (TPSA) is 42.2 Å². The van der Waals surface area contributed by atoms with E-state index in [0.717, 1.165) is 17.9 Å². The molecule has 4 nitrogen and oxygen atoms in total. The van der Waals surface area contributed by atoms with Gasteiger partial charge in [0.25, 0.3) is 5.91 Å². The Morgan fingerprint density at radius 1 is 0.923 bits per heavy atom. The van der Waals surface area contributed by atoms with E-state index in [4.69, 9.17) is 4.74 Å². The van der Waals surface area contributed by atoms with Gasteiger partial charge in [-0.1, -0.05) is 30.3 Å². The van der Waals surface area contributed by atoms with E-state index in [-0.39, 0.29) is 12.5 Å². The van der Waals surface area contributed by atoms with Gasteiger partial charge < -0.3 is 10.1 Å². The second kappa shape index (κ2) is 8.81. The lowest BCUT2D eigenvalue weighted by Gasteiger charge is -2.06. The number of carbonyl (C=O) groups excluding carboxylic acids is 1. The first-order valence-electron chi connectivity index (χ1n) is 8.77. The number of carbonyl (C=O) groups is 1. The second-order valence-electron chi connectivity index (χ2n) is 6.05. The van der Waals surface area contributed by atoms with E-state index in [1.165, 1.54) is 11.1 Å². The standard InChI is InChI=1S/C22H22N2O2/c1-2-26-21-10-8-20(9-11-21)23-22(25)17-24-14-12-19(13-15-24)16-18-6-4-3-5-7-18/h3-15H,2,16-17H2,1H3/p+1. The molecule has 0 fully saturated rings.